The number of aromatic nitrogens is 5. The number of fused-ring (bicyclic) bond motifs is 2. The molecule has 7 rings (SSSR count). The number of anilines is 6. The maximum absolute atomic E-state index is 13.9. The van der Waals surface area contributed by atoms with E-state index in [0.29, 0.717) is 18.5 Å². The summed E-state index contributed by atoms with van der Waals surface area (Å²) in [6.07, 6.45) is 3.13. The number of Topliss-reactive ketones (excluding diaryl/α,β-unsaturated/α-hetero) is 4. The van der Waals surface area contributed by atoms with Gasteiger partial charge in [0.15, 0.2) is 17.3 Å². The van der Waals surface area contributed by atoms with Crippen molar-refractivity contribution >= 4 is 112 Å². The Kier molecular flexibility index (Phi) is 24.6. The summed E-state index contributed by atoms with van der Waals surface area (Å²) < 4.78 is 116. The van der Waals surface area contributed by atoms with Crippen LogP contribution in [0.4, 0.5) is 34.6 Å². The van der Waals surface area contributed by atoms with Gasteiger partial charge in [-0.3, -0.25) is 52.0 Å². The zero-order chi connectivity index (χ0) is 72.3. The molecule has 0 unspecified atom stereocenters. The number of amides is 2. The number of ketones is 6. The molecule has 2 aromatic heterocycles. The third-order valence-corrected chi connectivity index (χ3v) is 19.0. The molecule has 0 aliphatic heterocycles. The molecule has 0 saturated carbocycles. The summed E-state index contributed by atoms with van der Waals surface area (Å²) in [6.45, 7) is 9.61. The molecule has 0 saturated heterocycles. The zero-order valence-corrected chi connectivity index (χ0v) is 56.9. The third kappa shape index (κ3) is 20.2. The largest absolute Gasteiger partial charge is 0.397 e. The van der Waals surface area contributed by atoms with Crippen molar-refractivity contribution in [2.24, 2.45) is 33.6 Å². The van der Waals surface area contributed by atoms with Gasteiger partial charge in [0.2, 0.25) is 23.7 Å². The molecule has 31 nitrogen and oxygen atoms in total. The minimum Gasteiger partial charge on any atom is -0.397 e. The number of rotatable bonds is 38. The Labute approximate surface area is 569 Å². The van der Waals surface area contributed by atoms with Crippen LogP contribution >= 0.6 is 0 Å². The van der Waals surface area contributed by atoms with Gasteiger partial charge in [0.25, 0.3) is 30.4 Å². The van der Waals surface area contributed by atoms with Crippen LogP contribution in [-0.4, -0.2) is 156 Å². The highest BCUT2D eigenvalue weighted by Crippen LogP contribution is 2.41. The highest BCUT2D eigenvalue weighted by molar-refractivity contribution is 7.86. The number of ether oxygens (including phenoxy) is 2. The van der Waals surface area contributed by atoms with Crippen molar-refractivity contribution in [2.45, 2.75) is 120 Å². The van der Waals surface area contributed by atoms with Crippen molar-refractivity contribution in [1.29, 1.82) is 0 Å². The van der Waals surface area contributed by atoms with Gasteiger partial charge in [-0.05, 0) is 54.8 Å². The molecule has 2 atom stereocenters. The molecule has 1 aliphatic carbocycles. The lowest BCUT2D eigenvalue weighted by Crippen LogP contribution is -2.41. The molecule has 0 radical (unpaired) electrons. The zero-order valence-electron chi connectivity index (χ0n) is 54.5. The van der Waals surface area contributed by atoms with E-state index in [1.54, 1.807) is 47.7 Å². The summed E-state index contributed by atoms with van der Waals surface area (Å²) in [7, 11) is -14.9. The fraction of sp³-hybridized carbons (Fsp3) is 0.406. The minimum absolute atomic E-state index is 0. The van der Waals surface area contributed by atoms with E-state index in [9.17, 15) is 77.3 Å². The molecule has 98 heavy (non-hydrogen) atoms. The van der Waals surface area contributed by atoms with E-state index in [4.69, 9.17) is 26.7 Å². The van der Waals surface area contributed by atoms with Crippen LogP contribution in [0.25, 0.3) is 0 Å². The van der Waals surface area contributed by atoms with Gasteiger partial charge in [-0.1, -0.05) is 84.4 Å². The second kappa shape index (κ2) is 31.6. The Morgan fingerprint density at radius 1 is 0.663 bits per heavy atom. The highest BCUT2D eigenvalue weighted by Gasteiger charge is 2.42. The van der Waals surface area contributed by atoms with E-state index in [1.165, 1.54) is 54.9 Å². The van der Waals surface area contributed by atoms with E-state index in [1.807, 2.05) is 0 Å². The lowest BCUT2D eigenvalue weighted by Gasteiger charge is -2.32. The fourth-order valence-electron chi connectivity index (χ4n) is 10.6. The predicted molar refractivity (Wildman–Crippen MR) is 362 cm³/mol. The lowest BCUT2D eigenvalue weighted by molar-refractivity contribution is -0.141. The average Bonchev–Trinajstić information content (AvgIpc) is 0.879. The summed E-state index contributed by atoms with van der Waals surface area (Å²) in [4.78, 5) is 124. The number of unbranched alkanes of at least 4 members (excludes halogenated alkanes) is 1. The van der Waals surface area contributed by atoms with Crippen molar-refractivity contribution in [1.82, 2.24) is 30.2 Å². The third-order valence-electron chi connectivity index (χ3n) is 16.3. The van der Waals surface area contributed by atoms with E-state index in [2.05, 4.69) is 46.2 Å². The summed E-state index contributed by atoms with van der Waals surface area (Å²) >= 11 is 0. The van der Waals surface area contributed by atoms with Crippen molar-refractivity contribution in [2.75, 3.05) is 61.2 Å². The van der Waals surface area contributed by atoms with Gasteiger partial charge in [-0.2, -0.15) is 40.2 Å². The van der Waals surface area contributed by atoms with Gasteiger partial charge in [0.05, 0.1) is 64.5 Å². The first-order chi connectivity index (χ1) is 45.7. The number of nitrogens with zero attached hydrogens (tertiary/aromatic N) is 4. The number of primary amides is 1. The van der Waals surface area contributed by atoms with Gasteiger partial charge in [-0.15, -0.1) is 0 Å². The van der Waals surface area contributed by atoms with Crippen molar-refractivity contribution in [3.63, 3.8) is 0 Å². The van der Waals surface area contributed by atoms with Crippen molar-refractivity contribution < 1.29 is 91.0 Å². The highest BCUT2D eigenvalue weighted by atomic mass is 32.2. The number of imidazole rings is 1. The monoisotopic (exact) mass is 1420 g/mol. The summed E-state index contributed by atoms with van der Waals surface area (Å²) in [5, 5.41) is 11.2. The van der Waals surface area contributed by atoms with Crippen LogP contribution in [0, 0.1) is 22.2 Å². The summed E-state index contributed by atoms with van der Waals surface area (Å²) in [5.74, 6) is -5.39. The number of nitrogens with one attached hydrogen (secondary N) is 5. The van der Waals surface area contributed by atoms with E-state index >= 15 is 0 Å². The van der Waals surface area contributed by atoms with Crippen molar-refractivity contribution in [3.05, 3.63) is 125 Å². The van der Waals surface area contributed by atoms with Gasteiger partial charge in [0.1, 0.15) is 34.7 Å². The Morgan fingerprint density at radius 3 is 1.90 bits per heavy atom. The smallest absolute Gasteiger partial charge is 0.296 e. The molecule has 0 fully saturated rings. The van der Waals surface area contributed by atoms with Crippen LogP contribution < -0.4 is 38.5 Å². The number of carbonyl (C=O) groups is 8. The number of hydrogen-bond donors (Lipinski definition) is 11. The number of H-pyrrole nitrogens is 1. The number of nitrogen functional groups attached to an aromatic ring is 1. The minimum atomic E-state index is -5.13. The molecule has 0 spiro atoms. The van der Waals surface area contributed by atoms with Gasteiger partial charge < -0.3 is 52.9 Å². The van der Waals surface area contributed by atoms with Crippen LogP contribution in [-0.2, 0) is 81.4 Å². The molecular formula is C64H84N12O19S3. The Hall–Kier alpha value is -9.13. The SMILES string of the molecule is CC(C)(CC(=O)[C@@H](N)Cc1cnc[nH]1)C(=O)CC(C)(C)C(=O)CC(C)(C)C(=O)C[C@@H](CCCCNC(=O)COCCOCCNc1nc(Cc2ccc(Nc3cc(S(=O)(=O)O)c(N)c4c3C(=O)c3ccccc3C4=O)cc2S(=O)(=O)O)nc(Nc2cccc(S(=O)(=O)O)c2)n1)C(N)=O.[HH].[HH].[HH]. The second-order valence-electron chi connectivity index (χ2n) is 25.4. The quantitative estimate of drug-likeness (QED) is 0.0123. The summed E-state index contributed by atoms with van der Waals surface area (Å²) in [5.41, 5.74) is 12.7. The first kappa shape index (κ1) is 76.2. The molecule has 1 aliphatic rings. The normalized spacial score (nSPS) is 13.4. The topological polar surface area (TPSA) is 512 Å². The van der Waals surface area contributed by atoms with Crippen LogP contribution in [0.3, 0.4) is 0 Å². The van der Waals surface area contributed by atoms with Crippen LogP contribution in [0.1, 0.15) is 140 Å². The van der Waals surface area contributed by atoms with Gasteiger partial charge >= 0.3 is 0 Å². The molecule has 14 N–H and O–H groups in total. The molecule has 6 aromatic rings. The van der Waals surface area contributed by atoms with Gasteiger partial charge in [0, 0.05) is 112 Å². The van der Waals surface area contributed by atoms with E-state index < -0.39 is 114 Å². The molecule has 2 amide bonds. The fourth-order valence-corrected chi connectivity index (χ4v) is 12.5. The average molecular weight is 1420 g/mol. The maximum Gasteiger partial charge on any atom is 0.296 e. The number of benzene rings is 4. The molecule has 2 heterocycles. The molecule has 4 aromatic carbocycles. The van der Waals surface area contributed by atoms with E-state index in [-0.39, 0.29) is 162 Å². The Bertz CT molecular complexity index is 4430. The van der Waals surface area contributed by atoms with Gasteiger partial charge in [-0.25, -0.2) is 4.98 Å². The first-order valence-corrected chi connectivity index (χ1v) is 35.0. The van der Waals surface area contributed by atoms with Crippen LogP contribution in [0.15, 0.2) is 100 Å². The number of nitrogens with two attached hydrogens (primary N) is 3. The number of hydrogen-bond acceptors (Lipinski definition) is 25. The molecule has 532 valence electrons. The second-order valence-corrected chi connectivity index (χ2v) is 29.6. The number of carbonyl (C=O) groups excluding carboxylic acids is 8. The van der Waals surface area contributed by atoms with Crippen LogP contribution in [0.2, 0.25) is 0 Å². The summed E-state index contributed by atoms with van der Waals surface area (Å²) in [6, 6.07) is 14.0. The molecular weight excluding hydrogens is 1340 g/mol. The first-order valence-electron chi connectivity index (χ1n) is 30.7. The predicted octanol–water partition coefficient (Wildman–Crippen LogP) is 5.83. The molecule has 0 bridgehead atoms. The maximum atomic E-state index is 13.9. The lowest BCUT2D eigenvalue weighted by atomic mass is 9.69. The number of aromatic amines is 1. The standard InChI is InChI=1S/C64H78N12O19S3.3H2/c1-62(2,30-46(77)44(65)27-40-33-68-35-71-40)50(79)32-64(5,6)51(80)31-63(3,4)49(78)24-37(59(67)84)12-9-10-19-69-53(81)34-95-23-22-94-21-20-70-60-74-52(75-61(76-60)73-38-13-11-14-41(26-38)96(85,86)87)25-36-17-18-39(28-47(36)97(88,89)90)72-45-29-48(98(91,92)93)56(66)55-54(45)57(82)42-15-7-8-16-43(42)58(55)83;;;/h7-8,11,13-18,26,28-29,33,35,37,44,72H,9-10,12,19-25,27,30-32,34,65-66H2,1-6H3,(H2,67,84)(H,68,71)(H,69,81)(H,85,86,87)(H,88,89,90)(H,91,92,93)(H2,70,73,74,75,76);3*1H/t37-,44+;;;/m1.../s1. The Morgan fingerprint density at radius 2 is 1.28 bits per heavy atom. The van der Waals surface area contributed by atoms with Crippen LogP contribution in [0.5, 0.6) is 0 Å². The Balaban J connectivity index is 0.00000721. The van der Waals surface area contributed by atoms with Crippen molar-refractivity contribution in [3.8, 4) is 0 Å². The molecule has 34 heteroatoms. The van der Waals surface area contributed by atoms with E-state index in [0.717, 1.165) is 24.3 Å².